The van der Waals surface area contributed by atoms with Crippen molar-refractivity contribution in [1.82, 2.24) is 0 Å². The predicted molar refractivity (Wildman–Crippen MR) is 77.5 cm³/mol. The Bertz CT molecular complexity index is 195. The van der Waals surface area contributed by atoms with E-state index in [1.807, 2.05) is 0 Å². The van der Waals surface area contributed by atoms with Crippen molar-refractivity contribution in [3.05, 3.63) is 10.1 Å². The molecule has 0 aromatic rings. The fourth-order valence-corrected chi connectivity index (χ4v) is 2.32. The van der Waals surface area contributed by atoms with E-state index in [2.05, 4.69) is 13.8 Å². The van der Waals surface area contributed by atoms with Gasteiger partial charge >= 0.3 is 0 Å². The van der Waals surface area contributed by atoms with Crippen LogP contribution in [-0.4, -0.2) is 11.0 Å². The standard InChI is InChI=1S/C15H31NO2/c1-3-5-7-9-10-12-14-15(16(17)18)13-11-8-6-4-2/h15H,3-14H2,1-2H3. The minimum absolute atomic E-state index is 0.0576. The Balaban J connectivity index is 3.54. The van der Waals surface area contributed by atoms with Gasteiger partial charge in [0.05, 0.1) is 0 Å². The third-order valence-electron chi connectivity index (χ3n) is 3.58. The van der Waals surface area contributed by atoms with Crippen molar-refractivity contribution in [2.24, 2.45) is 0 Å². The number of nitro groups is 1. The van der Waals surface area contributed by atoms with Crippen LogP contribution in [0.2, 0.25) is 0 Å². The van der Waals surface area contributed by atoms with Crippen LogP contribution in [-0.2, 0) is 0 Å². The van der Waals surface area contributed by atoms with Crippen molar-refractivity contribution in [3.63, 3.8) is 0 Å². The first-order chi connectivity index (χ1) is 8.72. The van der Waals surface area contributed by atoms with Crippen LogP contribution in [0.1, 0.15) is 90.9 Å². The van der Waals surface area contributed by atoms with Crippen molar-refractivity contribution >= 4 is 0 Å². The third-order valence-corrected chi connectivity index (χ3v) is 3.58. The molecule has 0 saturated heterocycles. The Morgan fingerprint density at radius 3 is 1.61 bits per heavy atom. The molecule has 18 heavy (non-hydrogen) atoms. The average Bonchev–Trinajstić information content (AvgIpc) is 2.35. The number of hydrogen-bond donors (Lipinski definition) is 0. The van der Waals surface area contributed by atoms with Gasteiger partial charge in [0.2, 0.25) is 6.04 Å². The smallest absolute Gasteiger partial charge is 0.213 e. The zero-order valence-electron chi connectivity index (χ0n) is 12.3. The third kappa shape index (κ3) is 10.5. The molecule has 0 aromatic carbocycles. The molecule has 0 aliphatic rings. The van der Waals surface area contributed by atoms with Gasteiger partial charge in [-0.25, -0.2) is 0 Å². The van der Waals surface area contributed by atoms with Crippen molar-refractivity contribution in [1.29, 1.82) is 0 Å². The molecule has 0 bridgehead atoms. The maximum Gasteiger partial charge on any atom is 0.213 e. The van der Waals surface area contributed by atoms with E-state index in [0.717, 1.165) is 32.1 Å². The second-order valence-corrected chi connectivity index (χ2v) is 5.34. The van der Waals surface area contributed by atoms with E-state index < -0.39 is 0 Å². The first kappa shape index (κ1) is 17.4. The van der Waals surface area contributed by atoms with Crippen LogP contribution in [0.15, 0.2) is 0 Å². The number of unbranched alkanes of at least 4 members (excludes halogenated alkanes) is 8. The quantitative estimate of drug-likeness (QED) is 0.253. The summed E-state index contributed by atoms with van der Waals surface area (Å²) in [7, 11) is 0. The van der Waals surface area contributed by atoms with E-state index in [1.165, 1.54) is 44.9 Å². The Hall–Kier alpha value is -0.600. The van der Waals surface area contributed by atoms with Crippen LogP contribution < -0.4 is 0 Å². The highest BCUT2D eigenvalue weighted by Gasteiger charge is 2.18. The highest BCUT2D eigenvalue weighted by Crippen LogP contribution is 2.15. The van der Waals surface area contributed by atoms with Gasteiger partial charge in [0, 0.05) is 17.8 Å². The van der Waals surface area contributed by atoms with E-state index >= 15 is 0 Å². The van der Waals surface area contributed by atoms with Gasteiger partial charge in [-0.05, 0) is 12.8 Å². The van der Waals surface area contributed by atoms with Crippen LogP contribution >= 0.6 is 0 Å². The lowest BCUT2D eigenvalue weighted by molar-refractivity contribution is -0.524. The monoisotopic (exact) mass is 257 g/mol. The summed E-state index contributed by atoms with van der Waals surface area (Å²) in [6.45, 7) is 4.38. The molecule has 0 aliphatic carbocycles. The number of rotatable bonds is 13. The molecule has 1 atom stereocenters. The number of hydrogen-bond acceptors (Lipinski definition) is 2. The molecule has 108 valence electrons. The highest BCUT2D eigenvalue weighted by molar-refractivity contribution is 4.58. The summed E-state index contributed by atoms with van der Waals surface area (Å²) in [5.74, 6) is 0. The van der Waals surface area contributed by atoms with Gasteiger partial charge in [-0.1, -0.05) is 65.2 Å². The first-order valence-electron chi connectivity index (χ1n) is 7.85. The molecule has 0 fully saturated rings. The zero-order valence-corrected chi connectivity index (χ0v) is 12.3. The molecule has 0 rings (SSSR count). The summed E-state index contributed by atoms with van der Waals surface area (Å²) in [5.41, 5.74) is 0. The average molecular weight is 257 g/mol. The first-order valence-corrected chi connectivity index (χ1v) is 7.85. The molecular formula is C15H31NO2. The molecule has 0 heterocycles. The van der Waals surface area contributed by atoms with Gasteiger partial charge in [-0.3, -0.25) is 10.1 Å². The maximum absolute atomic E-state index is 10.9. The summed E-state index contributed by atoms with van der Waals surface area (Å²) in [5, 5.41) is 10.9. The minimum Gasteiger partial charge on any atom is -0.264 e. The summed E-state index contributed by atoms with van der Waals surface area (Å²) < 4.78 is 0. The maximum atomic E-state index is 10.9. The van der Waals surface area contributed by atoms with Crippen molar-refractivity contribution < 1.29 is 4.92 Å². The Morgan fingerprint density at radius 2 is 1.17 bits per heavy atom. The van der Waals surface area contributed by atoms with Crippen molar-refractivity contribution in [2.75, 3.05) is 0 Å². The molecule has 0 saturated carbocycles. The SMILES string of the molecule is CCCCCCCCC(CCCCCC)[N+](=O)[O-]. The van der Waals surface area contributed by atoms with Gasteiger partial charge < -0.3 is 0 Å². The van der Waals surface area contributed by atoms with E-state index in [-0.39, 0.29) is 11.0 Å². The van der Waals surface area contributed by atoms with Gasteiger partial charge in [-0.15, -0.1) is 0 Å². The zero-order chi connectivity index (χ0) is 13.6. The molecule has 0 amide bonds. The Kier molecular flexibility index (Phi) is 12.4. The number of nitrogens with zero attached hydrogens (tertiary/aromatic N) is 1. The van der Waals surface area contributed by atoms with Crippen molar-refractivity contribution in [3.8, 4) is 0 Å². The van der Waals surface area contributed by atoms with E-state index in [9.17, 15) is 10.1 Å². The van der Waals surface area contributed by atoms with Crippen LogP contribution in [0.3, 0.4) is 0 Å². The fraction of sp³-hybridized carbons (Fsp3) is 1.00. The molecule has 0 N–H and O–H groups in total. The van der Waals surface area contributed by atoms with Gasteiger partial charge in [0.15, 0.2) is 0 Å². The van der Waals surface area contributed by atoms with Gasteiger partial charge in [0.25, 0.3) is 0 Å². The molecule has 0 aliphatic heterocycles. The molecular weight excluding hydrogens is 226 g/mol. The lowest BCUT2D eigenvalue weighted by atomic mass is 10.0. The molecule has 1 unspecified atom stereocenters. The Morgan fingerprint density at radius 1 is 0.778 bits per heavy atom. The summed E-state index contributed by atoms with van der Waals surface area (Å²) in [4.78, 5) is 10.9. The highest BCUT2D eigenvalue weighted by atomic mass is 16.6. The van der Waals surface area contributed by atoms with E-state index in [0.29, 0.717) is 0 Å². The van der Waals surface area contributed by atoms with Gasteiger partial charge in [0.1, 0.15) is 0 Å². The van der Waals surface area contributed by atoms with Crippen LogP contribution in [0.4, 0.5) is 0 Å². The van der Waals surface area contributed by atoms with E-state index in [1.54, 1.807) is 0 Å². The molecule has 3 heteroatoms. The summed E-state index contributed by atoms with van der Waals surface area (Å²) >= 11 is 0. The summed E-state index contributed by atoms with van der Waals surface area (Å²) in [6, 6.07) is -0.284. The second kappa shape index (κ2) is 12.8. The summed E-state index contributed by atoms with van der Waals surface area (Å²) in [6.07, 6.45) is 13.4. The molecule has 3 nitrogen and oxygen atoms in total. The van der Waals surface area contributed by atoms with Crippen LogP contribution in [0.25, 0.3) is 0 Å². The normalized spacial score (nSPS) is 12.6. The molecule has 0 spiro atoms. The van der Waals surface area contributed by atoms with E-state index in [4.69, 9.17) is 0 Å². The fourth-order valence-electron chi connectivity index (χ4n) is 2.32. The topological polar surface area (TPSA) is 43.1 Å². The van der Waals surface area contributed by atoms with Crippen LogP contribution in [0.5, 0.6) is 0 Å². The van der Waals surface area contributed by atoms with Crippen LogP contribution in [0, 0.1) is 10.1 Å². The van der Waals surface area contributed by atoms with Gasteiger partial charge in [-0.2, -0.15) is 0 Å². The lowest BCUT2D eigenvalue weighted by Gasteiger charge is -2.09. The lowest BCUT2D eigenvalue weighted by Crippen LogP contribution is -2.19. The Labute approximate surface area is 113 Å². The largest absolute Gasteiger partial charge is 0.264 e. The predicted octanol–water partition coefficient (Wildman–Crippen LogP) is 5.35. The molecule has 0 radical (unpaired) electrons. The second-order valence-electron chi connectivity index (χ2n) is 5.34. The minimum atomic E-state index is -0.284. The van der Waals surface area contributed by atoms with Crippen molar-refractivity contribution in [2.45, 2.75) is 96.9 Å². The molecule has 0 aromatic heterocycles.